The molecule has 0 aromatic carbocycles. The van der Waals surface area contributed by atoms with Crippen molar-refractivity contribution in [3.05, 3.63) is 0 Å². The molecule has 1 aliphatic rings. The van der Waals surface area contributed by atoms with Gasteiger partial charge in [0.15, 0.2) is 5.78 Å². The molecule has 0 amide bonds. The predicted molar refractivity (Wildman–Crippen MR) is 42.4 cm³/mol. The molecule has 0 heterocycles. The largest absolute Gasteiger partial charge is 0.298 e. The molecule has 0 radical (unpaired) electrons. The molecule has 10 heavy (non-hydrogen) atoms. The quantitative estimate of drug-likeness (QED) is 0.393. The summed E-state index contributed by atoms with van der Waals surface area (Å²) in [6.45, 7) is 1.84. The molecule has 0 aromatic heterocycles. The van der Waals surface area contributed by atoms with Gasteiger partial charge in [0.05, 0.1) is 4.87 Å². The normalized spacial score (nSPS) is 35.6. The fourth-order valence-corrected chi connectivity index (χ4v) is 1.55. The smallest absolute Gasteiger partial charge is 0.153 e. The minimum Gasteiger partial charge on any atom is -0.298 e. The molecule has 0 bridgehead atoms. The maximum Gasteiger partial charge on any atom is 0.153 e. The summed E-state index contributed by atoms with van der Waals surface area (Å²) in [7, 11) is 0. The van der Waals surface area contributed by atoms with Crippen LogP contribution in [-0.4, -0.2) is 10.7 Å². The van der Waals surface area contributed by atoms with Gasteiger partial charge in [-0.1, -0.05) is 12.8 Å². The molecule has 0 saturated heterocycles. The number of hydrogen-bond acceptors (Lipinski definition) is 1. The van der Waals surface area contributed by atoms with Crippen LogP contribution in [0.1, 0.15) is 39.0 Å². The lowest BCUT2D eigenvalue weighted by molar-refractivity contribution is -0.121. The Balaban J connectivity index is 2.61. The Hall–Kier alpha value is -0.0400. The average Bonchev–Trinajstić information content (AvgIpc) is 1.96. The molecule has 1 aliphatic carbocycles. The van der Waals surface area contributed by atoms with Gasteiger partial charge < -0.3 is 0 Å². The summed E-state index contributed by atoms with van der Waals surface area (Å²) >= 11 is 5.98. The van der Waals surface area contributed by atoms with Crippen LogP contribution in [0.2, 0.25) is 0 Å². The lowest BCUT2D eigenvalue weighted by Crippen LogP contribution is -2.26. The summed E-state index contributed by atoms with van der Waals surface area (Å²) in [5, 5.41) is 0. The molecule has 0 spiro atoms. The zero-order valence-electron chi connectivity index (χ0n) is 6.32. The standard InChI is InChI=1S/C8H13ClO/c1-8(9)6-4-2-3-5-7(8)10/h2-6H2,1H3. The minimum atomic E-state index is -0.545. The van der Waals surface area contributed by atoms with E-state index in [1.807, 2.05) is 6.92 Å². The van der Waals surface area contributed by atoms with Gasteiger partial charge in [-0.25, -0.2) is 0 Å². The Morgan fingerprint density at radius 3 is 2.80 bits per heavy atom. The van der Waals surface area contributed by atoms with Crippen molar-refractivity contribution in [2.24, 2.45) is 0 Å². The van der Waals surface area contributed by atoms with Gasteiger partial charge in [0.25, 0.3) is 0 Å². The maximum atomic E-state index is 11.2. The molecule has 1 unspecified atom stereocenters. The van der Waals surface area contributed by atoms with Crippen LogP contribution in [-0.2, 0) is 4.79 Å². The molecule has 2 heteroatoms. The number of rotatable bonds is 0. The van der Waals surface area contributed by atoms with Crippen LogP contribution in [0.5, 0.6) is 0 Å². The second-order valence-electron chi connectivity index (χ2n) is 3.18. The van der Waals surface area contributed by atoms with E-state index in [0.717, 1.165) is 25.7 Å². The van der Waals surface area contributed by atoms with E-state index in [1.54, 1.807) is 0 Å². The third-order valence-electron chi connectivity index (χ3n) is 2.13. The van der Waals surface area contributed by atoms with Crippen molar-refractivity contribution in [3.63, 3.8) is 0 Å². The van der Waals surface area contributed by atoms with Gasteiger partial charge in [-0.15, -0.1) is 11.6 Å². The summed E-state index contributed by atoms with van der Waals surface area (Å²) in [4.78, 5) is 10.7. The Bertz CT molecular complexity index is 140. The summed E-state index contributed by atoms with van der Waals surface area (Å²) in [6, 6.07) is 0. The highest BCUT2D eigenvalue weighted by Gasteiger charge is 2.30. The van der Waals surface area contributed by atoms with E-state index in [4.69, 9.17) is 11.6 Å². The molecule has 1 atom stereocenters. The monoisotopic (exact) mass is 160 g/mol. The van der Waals surface area contributed by atoms with Crippen LogP contribution in [0.3, 0.4) is 0 Å². The molecule has 1 rings (SSSR count). The van der Waals surface area contributed by atoms with E-state index in [1.165, 1.54) is 0 Å². The molecule has 58 valence electrons. The molecule has 1 nitrogen and oxygen atoms in total. The fraction of sp³-hybridized carbons (Fsp3) is 0.875. The lowest BCUT2D eigenvalue weighted by atomic mass is 10.0. The predicted octanol–water partition coefficient (Wildman–Crippen LogP) is 2.52. The van der Waals surface area contributed by atoms with Crippen LogP contribution in [0.25, 0.3) is 0 Å². The van der Waals surface area contributed by atoms with Crippen molar-refractivity contribution >= 4 is 17.4 Å². The molecule has 1 fully saturated rings. The summed E-state index contributed by atoms with van der Waals surface area (Å²) in [6.07, 6.45) is 4.83. The average molecular weight is 161 g/mol. The molecule has 1 saturated carbocycles. The Labute approximate surface area is 66.8 Å². The van der Waals surface area contributed by atoms with E-state index in [2.05, 4.69) is 0 Å². The van der Waals surface area contributed by atoms with E-state index >= 15 is 0 Å². The number of hydrogen-bond donors (Lipinski definition) is 0. The van der Waals surface area contributed by atoms with Crippen molar-refractivity contribution in [1.82, 2.24) is 0 Å². The van der Waals surface area contributed by atoms with E-state index < -0.39 is 4.87 Å². The van der Waals surface area contributed by atoms with Crippen LogP contribution in [0.15, 0.2) is 0 Å². The highest BCUT2D eigenvalue weighted by atomic mass is 35.5. The first-order valence-electron chi connectivity index (χ1n) is 3.85. The number of carbonyl (C=O) groups is 1. The number of alkyl halides is 1. The van der Waals surface area contributed by atoms with Crippen LogP contribution >= 0.6 is 11.6 Å². The van der Waals surface area contributed by atoms with Gasteiger partial charge in [0.1, 0.15) is 0 Å². The molecular weight excluding hydrogens is 148 g/mol. The maximum absolute atomic E-state index is 11.2. The van der Waals surface area contributed by atoms with E-state index in [0.29, 0.717) is 6.42 Å². The van der Waals surface area contributed by atoms with Gasteiger partial charge in [-0.2, -0.15) is 0 Å². The van der Waals surface area contributed by atoms with Gasteiger partial charge >= 0.3 is 0 Å². The zero-order valence-corrected chi connectivity index (χ0v) is 7.08. The Kier molecular flexibility index (Phi) is 2.35. The van der Waals surface area contributed by atoms with Gasteiger partial charge in [-0.05, 0) is 19.8 Å². The van der Waals surface area contributed by atoms with Crippen molar-refractivity contribution in [2.75, 3.05) is 0 Å². The third-order valence-corrected chi connectivity index (χ3v) is 2.53. The van der Waals surface area contributed by atoms with Crippen LogP contribution in [0.4, 0.5) is 0 Å². The molecule has 0 aliphatic heterocycles. The first kappa shape index (κ1) is 8.06. The number of ketones is 1. The van der Waals surface area contributed by atoms with Crippen molar-refractivity contribution in [2.45, 2.75) is 43.9 Å². The lowest BCUT2D eigenvalue weighted by Gasteiger charge is -2.16. The highest BCUT2D eigenvalue weighted by molar-refractivity contribution is 6.34. The first-order chi connectivity index (χ1) is 4.63. The topological polar surface area (TPSA) is 17.1 Å². The second-order valence-corrected chi connectivity index (χ2v) is 4.02. The van der Waals surface area contributed by atoms with Crippen molar-refractivity contribution in [3.8, 4) is 0 Å². The third kappa shape index (κ3) is 1.72. The van der Waals surface area contributed by atoms with Crippen molar-refractivity contribution < 1.29 is 4.79 Å². The van der Waals surface area contributed by atoms with Gasteiger partial charge in [0.2, 0.25) is 0 Å². The number of Topliss-reactive ketones (excluding diaryl/α,β-unsaturated/α-hetero) is 1. The van der Waals surface area contributed by atoms with Gasteiger partial charge in [-0.3, -0.25) is 4.79 Å². The zero-order chi connectivity index (χ0) is 7.61. The minimum absolute atomic E-state index is 0.228. The van der Waals surface area contributed by atoms with E-state index in [9.17, 15) is 4.79 Å². The Morgan fingerprint density at radius 1 is 1.40 bits per heavy atom. The van der Waals surface area contributed by atoms with Crippen LogP contribution in [0, 0.1) is 0 Å². The van der Waals surface area contributed by atoms with Gasteiger partial charge in [0, 0.05) is 6.42 Å². The Morgan fingerprint density at radius 2 is 2.10 bits per heavy atom. The summed E-state index contributed by atoms with van der Waals surface area (Å²) in [5.74, 6) is 0.228. The SMILES string of the molecule is CC1(Cl)CCCCCC1=O. The summed E-state index contributed by atoms with van der Waals surface area (Å²) in [5.41, 5.74) is 0. The number of halogens is 1. The molecule has 0 aromatic rings. The van der Waals surface area contributed by atoms with Crippen LogP contribution < -0.4 is 0 Å². The first-order valence-corrected chi connectivity index (χ1v) is 4.23. The highest BCUT2D eigenvalue weighted by Crippen LogP contribution is 2.29. The number of carbonyl (C=O) groups excluding carboxylic acids is 1. The molecule has 0 N–H and O–H groups in total. The second kappa shape index (κ2) is 2.91. The summed E-state index contributed by atoms with van der Waals surface area (Å²) < 4.78 is 0. The fourth-order valence-electron chi connectivity index (χ4n) is 1.32. The van der Waals surface area contributed by atoms with Crippen molar-refractivity contribution in [1.29, 1.82) is 0 Å². The molecular formula is C8H13ClO. The van der Waals surface area contributed by atoms with E-state index in [-0.39, 0.29) is 5.78 Å².